The van der Waals surface area contributed by atoms with Gasteiger partial charge in [-0.3, -0.25) is 13.9 Å². The molecule has 2 amide bonds. The number of likely N-dealkylation sites (N-methyl/N-ethyl adjacent to an activating group) is 1. The van der Waals surface area contributed by atoms with Gasteiger partial charge in [0.25, 0.3) is 0 Å². The second-order valence-electron chi connectivity index (χ2n) is 7.62. The van der Waals surface area contributed by atoms with E-state index in [9.17, 15) is 18.0 Å². The van der Waals surface area contributed by atoms with Gasteiger partial charge in [-0.15, -0.1) is 0 Å². The van der Waals surface area contributed by atoms with Gasteiger partial charge in [-0.05, 0) is 50.1 Å². The normalized spacial score (nSPS) is 12.2. The number of sulfonamides is 1. The molecule has 0 fully saturated rings. The van der Waals surface area contributed by atoms with E-state index in [0.717, 1.165) is 21.7 Å². The van der Waals surface area contributed by atoms with Gasteiger partial charge in [-0.25, -0.2) is 8.42 Å². The maximum atomic E-state index is 13.4. The molecule has 0 heterocycles. The summed E-state index contributed by atoms with van der Waals surface area (Å²) in [6, 6.07) is 9.37. The molecular formula is C22H27Cl2N3O4S. The van der Waals surface area contributed by atoms with Crippen LogP contribution in [0.1, 0.15) is 23.6 Å². The fourth-order valence-electron chi connectivity index (χ4n) is 3.31. The Balaban J connectivity index is 2.43. The van der Waals surface area contributed by atoms with Crippen LogP contribution in [0.4, 0.5) is 5.69 Å². The molecule has 0 aromatic heterocycles. The summed E-state index contributed by atoms with van der Waals surface area (Å²) in [7, 11) is -2.30. The van der Waals surface area contributed by atoms with Gasteiger partial charge >= 0.3 is 0 Å². The van der Waals surface area contributed by atoms with Gasteiger partial charge in [0.1, 0.15) is 12.6 Å². The number of benzene rings is 2. The summed E-state index contributed by atoms with van der Waals surface area (Å²) < 4.78 is 26.2. The van der Waals surface area contributed by atoms with Crippen molar-refractivity contribution in [2.24, 2.45) is 0 Å². The second-order valence-corrected chi connectivity index (χ2v) is 10.3. The van der Waals surface area contributed by atoms with Gasteiger partial charge in [0, 0.05) is 13.6 Å². The monoisotopic (exact) mass is 499 g/mol. The number of nitrogens with one attached hydrogen (secondary N) is 1. The Kier molecular flexibility index (Phi) is 8.56. The highest BCUT2D eigenvalue weighted by molar-refractivity contribution is 7.92. The van der Waals surface area contributed by atoms with E-state index in [1.54, 1.807) is 44.2 Å². The highest BCUT2D eigenvalue weighted by Crippen LogP contribution is 2.26. The van der Waals surface area contributed by atoms with Crippen LogP contribution >= 0.6 is 23.2 Å². The topological polar surface area (TPSA) is 86.8 Å². The fraction of sp³-hybridized carbons (Fsp3) is 0.364. The zero-order chi connectivity index (χ0) is 24.2. The van der Waals surface area contributed by atoms with Crippen molar-refractivity contribution in [3.63, 3.8) is 0 Å². The van der Waals surface area contributed by atoms with Crippen LogP contribution in [0.25, 0.3) is 0 Å². The lowest BCUT2D eigenvalue weighted by molar-refractivity contribution is -0.139. The fourth-order valence-corrected chi connectivity index (χ4v) is 4.53. The molecule has 174 valence electrons. The summed E-state index contributed by atoms with van der Waals surface area (Å²) >= 11 is 12.1. The number of carbonyl (C=O) groups excluding carboxylic acids is 2. The lowest BCUT2D eigenvalue weighted by atomic mass is 10.1. The zero-order valence-electron chi connectivity index (χ0n) is 18.6. The third kappa shape index (κ3) is 6.37. The number of amides is 2. The molecule has 0 radical (unpaired) electrons. The first-order chi connectivity index (χ1) is 14.8. The molecule has 0 saturated carbocycles. The number of halogens is 2. The smallest absolute Gasteiger partial charge is 0.244 e. The molecule has 0 aliphatic carbocycles. The Morgan fingerprint density at radius 3 is 2.25 bits per heavy atom. The number of rotatable bonds is 8. The molecule has 0 spiro atoms. The van der Waals surface area contributed by atoms with Gasteiger partial charge < -0.3 is 10.2 Å². The Bertz CT molecular complexity index is 1120. The molecule has 0 aliphatic heterocycles. The van der Waals surface area contributed by atoms with Crippen molar-refractivity contribution in [3.05, 3.63) is 63.1 Å². The SMILES string of the molecule is CNC(=O)[C@@H](C)N(Cc1ccc(Cl)c(Cl)c1)C(=O)CN(c1ccc(C)cc1C)S(C)(=O)=O. The van der Waals surface area contributed by atoms with Gasteiger partial charge in [-0.2, -0.15) is 0 Å². The highest BCUT2D eigenvalue weighted by atomic mass is 35.5. The number of hydrogen-bond acceptors (Lipinski definition) is 4. The Morgan fingerprint density at radius 2 is 1.72 bits per heavy atom. The molecule has 32 heavy (non-hydrogen) atoms. The van der Waals surface area contributed by atoms with E-state index < -0.39 is 28.5 Å². The Labute approximate surface area is 199 Å². The lowest BCUT2D eigenvalue weighted by Crippen LogP contribution is -2.50. The third-order valence-electron chi connectivity index (χ3n) is 5.05. The third-order valence-corrected chi connectivity index (χ3v) is 6.92. The summed E-state index contributed by atoms with van der Waals surface area (Å²) in [5.41, 5.74) is 2.76. The Morgan fingerprint density at radius 1 is 1.06 bits per heavy atom. The summed E-state index contributed by atoms with van der Waals surface area (Å²) in [5.74, 6) is -0.909. The van der Waals surface area contributed by atoms with Crippen molar-refractivity contribution in [2.75, 3.05) is 24.2 Å². The van der Waals surface area contributed by atoms with Gasteiger partial charge in [0.15, 0.2) is 0 Å². The van der Waals surface area contributed by atoms with Crippen LogP contribution in [0.3, 0.4) is 0 Å². The zero-order valence-corrected chi connectivity index (χ0v) is 21.0. The van der Waals surface area contributed by atoms with E-state index in [1.807, 2.05) is 13.0 Å². The standard InChI is InChI=1S/C22H27Cl2N3O4S/c1-14-6-9-20(15(2)10-14)27(32(5,30)31)13-21(28)26(16(3)22(29)25-4)12-17-7-8-18(23)19(24)11-17/h6-11,16H,12-13H2,1-5H3,(H,25,29)/t16-/m1/s1. The van der Waals surface area contributed by atoms with Crippen molar-refractivity contribution in [1.29, 1.82) is 0 Å². The van der Waals surface area contributed by atoms with Crippen molar-refractivity contribution in [2.45, 2.75) is 33.4 Å². The van der Waals surface area contributed by atoms with Crippen molar-refractivity contribution < 1.29 is 18.0 Å². The van der Waals surface area contributed by atoms with E-state index in [-0.39, 0.29) is 12.5 Å². The average Bonchev–Trinajstić information content (AvgIpc) is 2.71. The number of hydrogen-bond donors (Lipinski definition) is 1. The van der Waals surface area contributed by atoms with E-state index in [4.69, 9.17) is 23.2 Å². The predicted octanol–water partition coefficient (Wildman–Crippen LogP) is 3.54. The molecular weight excluding hydrogens is 473 g/mol. The molecule has 1 N–H and O–H groups in total. The van der Waals surface area contributed by atoms with E-state index in [1.165, 1.54) is 11.9 Å². The van der Waals surface area contributed by atoms with Crippen molar-refractivity contribution in [3.8, 4) is 0 Å². The first-order valence-electron chi connectivity index (χ1n) is 9.85. The van der Waals surface area contributed by atoms with Crippen molar-refractivity contribution in [1.82, 2.24) is 10.2 Å². The molecule has 2 rings (SSSR count). The van der Waals surface area contributed by atoms with E-state index >= 15 is 0 Å². The number of carbonyl (C=O) groups is 2. The van der Waals surface area contributed by atoms with Crippen LogP contribution < -0.4 is 9.62 Å². The quantitative estimate of drug-likeness (QED) is 0.601. The average molecular weight is 500 g/mol. The maximum Gasteiger partial charge on any atom is 0.244 e. The summed E-state index contributed by atoms with van der Waals surface area (Å²) in [5, 5.41) is 3.21. The van der Waals surface area contributed by atoms with Crippen LogP contribution in [-0.4, -0.2) is 51.0 Å². The number of nitrogens with zero attached hydrogens (tertiary/aromatic N) is 2. The van der Waals surface area contributed by atoms with Crippen LogP contribution in [-0.2, 0) is 26.2 Å². The minimum atomic E-state index is -3.77. The van der Waals surface area contributed by atoms with Crippen LogP contribution in [0.2, 0.25) is 10.0 Å². The van der Waals surface area contributed by atoms with Gasteiger partial charge in [0.2, 0.25) is 21.8 Å². The molecule has 0 saturated heterocycles. The molecule has 10 heteroatoms. The van der Waals surface area contributed by atoms with Crippen LogP contribution in [0.15, 0.2) is 36.4 Å². The minimum Gasteiger partial charge on any atom is -0.357 e. The molecule has 0 bridgehead atoms. The van der Waals surface area contributed by atoms with Crippen LogP contribution in [0, 0.1) is 13.8 Å². The number of aryl methyl sites for hydroxylation is 2. The molecule has 2 aromatic carbocycles. The van der Waals surface area contributed by atoms with Crippen LogP contribution in [0.5, 0.6) is 0 Å². The van der Waals surface area contributed by atoms with Gasteiger partial charge in [0.05, 0.1) is 22.0 Å². The molecule has 7 nitrogen and oxygen atoms in total. The summed E-state index contributed by atoms with van der Waals surface area (Å²) in [4.78, 5) is 27.0. The van der Waals surface area contributed by atoms with Crippen molar-refractivity contribution >= 4 is 50.7 Å². The largest absolute Gasteiger partial charge is 0.357 e. The molecule has 0 unspecified atom stereocenters. The summed E-state index contributed by atoms with van der Waals surface area (Å²) in [6.07, 6.45) is 1.05. The van der Waals surface area contributed by atoms with E-state index in [2.05, 4.69) is 5.32 Å². The second kappa shape index (κ2) is 10.6. The number of anilines is 1. The van der Waals surface area contributed by atoms with Gasteiger partial charge in [-0.1, -0.05) is 47.0 Å². The summed E-state index contributed by atoms with van der Waals surface area (Å²) in [6.45, 7) is 4.86. The lowest BCUT2D eigenvalue weighted by Gasteiger charge is -2.31. The molecule has 2 aromatic rings. The molecule has 1 atom stereocenters. The maximum absolute atomic E-state index is 13.4. The first-order valence-corrected chi connectivity index (χ1v) is 12.5. The first kappa shape index (κ1) is 26.0. The molecule has 0 aliphatic rings. The highest BCUT2D eigenvalue weighted by Gasteiger charge is 2.30. The predicted molar refractivity (Wildman–Crippen MR) is 129 cm³/mol. The minimum absolute atomic E-state index is 0.0504. The Hall–Kier alpha value is -2.29. The van der Waals surface area contributed by atoms with E-state index in [0.29, 0.717) is 21.3 Å².